The van der Waals surface area contributed by atoms with Crippen molar-refractivity contribution in [1.82, 2.24) is 0 Å². The van der Waals surface area contributed by atoms with Gasteiger partial charge in [-0.1, -0.05) is 35.9 Å². The minimum atomic E-state index is -0.128. The number of aryl methyl sites for hydroxylation is 1. The Morgan fingerprint density at radius 2 is 1.71 bits per heavy atom. The van der Waals surface area contributed by atoms with Crippen molar-refractivity contribution < 1.29 is 39.4 Å². The van der Waals surface area contributed by atoms with Crippen LogP contribution in [0.4, 0.5) is 0 Å². The molecule has 0 radical (unpaired) electrons. The topological polar surface area (TPSA) is 32.3 Å². The molecule has 0 N–H and O–H groups in total. The van der Waals surface area contributed by atoms with Gasteiger partial charge in [0.15, 0.2) is 17.4 Å². The molecule has 1 aromatic carbocycles. The maximum Gasteiger partial charge on any atom is 1.00 e. The van der Waals surface area contributed by atoms with Crippen LogP contribution >= 0.6 is 0 Å². The Balaban J connectivity index is -0.000000159. The van der Waals surface area contributed by atoms with Crippen LogP contribution in [-0.4, -0.2) is 37.7 Å². The summed E-state index contributed by atoms with van der Waals surface area (Å²) in [5.74, 6) is 0. The molecule has 0 aliphatic rings. The summed E-state index contributed by atoms with van der Waals surface area (Å²) >= 11 is 0. The van der Waals surface area contributed by atoms with Crippen molar-refractivity contribution in [3.05, 3.63) is 35.9 Å². The summed E-state index contributed by atoms with van der Waals surface area (Å²) in [6.45, 7) is 2.29. The van der Waals surface area contributed by atoms with Crippen LogP contribution in [0.15, 0.2) is 30.3 Å². The van der Waals surface area contributed by atoms with Gasteiger partial charge in [0.2, 0.25) is 0 Å². The predicted molar refractivity (Wildman–Crippen MR) is 57.9 cm³/mol. The number of rotatable bonds is 2. The summed E-state index contributed by atoms with van der Waals surface area (Å²) in [5.41, 5.74) is 1.32. The van der Waals surface area contributed by atoms with Gasteiger partial charge in [-0.25, -0.2) is 0 Å². The van der Waals surface area contributed by atoms with Gasteiger partial charge in [-0.2, -0.15) is 0 Å². The molecule has 2 nitrogen and oxygen atoms in total. The minimum absolute atomic E-state index is 0. The van der Waals surface area contributed by atoms with Crippen molar-refractivity contribution in [2.45, 2.75) is 6.92 Å². The van der Waals surface area contributed by atoms with Gasteiger partial charge in [-0.15, -0.1) is 6.61 Å². The van der Waals surface area contributed by atoms with Crippen molar-refractivity contribution in [3.8, 4) is 0 Å². The SMILES string of the molecule is COCC[O-].Cc1ccccc1.[AlH3].[Na+]. The Labute approximate surface area is 119 Å². The van der Waals surface area contributed by atoms with Crippen LogP contribution in [-0.2, 0) is 4.74 Å². The van der Waals surface area contributed by atoms with Crippen LogP contribution in [0.25, 0.3) is 0 Å². The van der Waals surface area contributed by atoms with Crippen LogP contribution in [0.5, 0.6) is 0 Å². The Bertz CT molecular complexity index is 181. The molecular weight excluding hydrogens is 202 g/mol. The van der Waals surface area contributed by atoms with Crippen molar-refractivity contribution in [3.63, 3.8) is 0 Å². The van der Waals surface area contributed by atoms with E-state index in [4.69, 9.17) is 0 Å². The minimum Gasteiger partial charge on any atom is -0.853 e. The molecule has 0 bridgehead atoms. The van der Waals surface area contributed by atoms with Gasteiger partial charge < -0.3 is 9.84 Å². The molecule has 0 unspecified atom stereocenters. The third kappa shape index (κ3) is 15.2. The van der Waals surface area contributed by atoms with Crippen LogP contribution in [0.1, 0.15) is 5.56 Å². The zero-order valence-corrected chi connectivity index (χ0v) is 10.6. The van der Waals surface area contributed by atoms with Crippen LogP contribution in [0, 0.1) is 6.92 Å². The van der Waals surface area contributed by atoms with E-state index in [1.165, 1.54) is 12.7 Å². The molecule has 0 saturated heterocycles. The van der Waals surface area contributed by atoms with Crippen molar-refractivity contribution in [2.24, 2.45) is 0 Å². The van der Waals surface area contributed by atoms with E-state index < -0.39 is 0 Å². The molecule has 4 heteroatoms. The molecule has 1 aromatic rings. The third-order valence-electron chi connectivity index (χ3n) is 1.23. The first-order chi connectivity index (χ1) is 5.81. The molecule has 1 rings (SSSR count). The van der Waals surface area contributed by atoms with Gasteiger partial charge in [0.05, 0.1) is 0 Å². The van der Waals surface area contributed by atoms with Gasteiger partial charge in [0, 0.05) is 13.7 Å². The normalized spacial score (nSPS) is 7.36. The van der Waals surface area contributed by atoms with E-state index in [2.05, 4.69) is 23.8 Å². The van der Waals surface area contributed by atoms with E-state index >= 15 is 0 Å². The van der Waals surface area contributed by atoms with E-state index in [0.29, 0.717) is 6.61 Å². The molecule has 0 aromatic heterocycles. The van der Waals surface area contributed by atoms with E-state index in [9.17, 15) is 5.11 Å². The zero-order valence-electron chi connectivity index (χ0n) is 8.62. The summed E-state index contributed by atoms with van der Waals surface area (Å²) < 4.78 is 4.38. The molecule has 0 aliphatic heterocycles. The predicted octanol–water partition coefficient (Wildman–Crippen LogP) is -3.19. The largest absolute Gasteiger partial charge is 1.00 e. The first kappa shape index (κ1) is 20.1. The number of hydrogen-bond donors (Lipinski definition) is 0. The molecule has 74 valence electrons. The van der Waals surface area contributed by atoms with E-state index in [1.807, 2.05) is 18.2 Å². The fourth-order valence-electron chi connectivity index (χ4n) is 0.618. The Morgan fingerprint density at radius 3 is 1.86 bits per heavy atom. The Morgan fingerprint density at radius 1 is 1.21 bits per heavy atom. The van der Waals surface area contributed by atoms with Gasteiger partial charge in [-0.05, 0) is 6.92 Å². The average molecular weight is 220 g/mol. The zero-order chi connectivity index (χ0) is 9.23. The van der Waals surface area contributed by atoms with Crippen molar-refractivity contribution >= 4 is 17.4 Å². The number of benzene rings is 1. The molecular formula is C10H18AlNaO2. The average Bonchev–Trinajstić information content (AvgIpc) is 2.08. The summed E-state index contributed by atoms with van der Waals surface area (Å²) in [6.07, 6.45) is 0. The first-order valence-electron chi connectivity index (χ1n) is 3.90. The molecule has 0 heterocycles. The van der Waals surface area contributed by atoms with Crippen molar-refractivity contribution in [2.75, 3.05) is 20.3 Å². The van der Waals surface area contributed by atoms with E-state index in [-0.39, 0.29) is 53.5 Å². The van der Waals surface area contributed by atoms with Crippen molar-refractivity contribution in [1.29, 1.82) is 0 Å². The number of methoxy groups -OCH3 is 1. The molecule has 0 amide bonds. The Kier molecular flexibility index (Phi) is 23.2. The monoisotopic (exact) mass is 220 g/mol. The summed E-state index contributed by atoms with van der Waals surface area (Å²) in [7, 11) is 1.51. The number of hydrogen-bond acceptors (Lipinski definition) is 2. The second-order valence-electron chi connectivity index (χ2n) is 2.35. The molecule has 0 atom stereocenters. The van der Waals surface area contributed by atoms with Gasteiger partial charge in [0.1, 0.15) is 0 Å². The van der Waals surface area contributed by atoms with Gasteiger partial charge >= 0.3 is 29.6 Å². The molecule has 0 aliphatic carbocycles. The fourth-order valence-corrected chi connectivity index (χ4v) is 0.618. The quantitative estimate of drug-likeness (QED) is 0.492. The molecule has 14 heavy (non-hydrogen) atoms. The smallest absolute Gasteiger partial charge is 0.853 e. The Hall–Kier alpha value is 0.672. The van der Waals surface area contributed by atoms with E-state index in [1.54, 1.807) is 0 Å². The maximum absolute atomic E-state index is 9.40. The summed E-state index contributed by atoms with van der Waals surface area (Å²) in [5, 5.41) is 9.40. The van der Waals surface area contributed by atoms with Crippen LogP contribution in [0.3, 0.4) is 0 Å². The standard InChI is InChI=1S/C7H8.C3H7O2.Al.Na.3H/c1-7-5-3-2-4-6-7;1-5-3-2-4;;;;;/h2-6H,1H3;2-3H2,1H3;;;;;/q;-1;;+1;;;. The summed E-state index contributed by atoms with van der Waals surface area (Å²) in [6, 6.07) is 10.3. The number of ether oxygens (including phenoxy) is 1. The van der Waals surface area contributed by atoms with Crippen LogP contribution in [0.2, 0.25) is 0 Å². The van der Waals surface area contributed by atoms with Crippen LogP contribution < -0.4 is 34.7 Å². The maximum atomic E-state index is 9.40. The second-order valence-corrected chi connectivity index (χ2v) is 2.35. The van der Waals surface area contributed by atoms with Gasteiger partial charge in [0.25, 0.3) is 0 Å². The first-order valence-corrected chi connectivity index (χ1v) is 3.90. The van der Waals surface area contributed by atoms with Gasteiger partial charge in [-0.3, -0.25) is 0 Å². The molecule has 0 saturated carbocycles. The molecule has 0 fully saturated rings. The summed E-state index contributed by atoms with van der Waals surface area (Å²) in [4.78, 5) is 0. The van der Waals surface area contributed by atoms with E-state index in [0.717, 1.165) is 0 Å². The second kappa shape index (κ2) is 16.1. The fraction of sp³-hybridized carbons (Fsp3) is 0.400. The molecule has 0 spiro atoms. The third-order valence-corrected chi connectivity index (χ3v) is 1.23.